The molecule has 1 fully saturated rings. The molecule has 0 spiro atoms. The van der Waals surface area contributed by atoms with Gasteiger partial charge >= 0.3 is 0 Å². The average Bonchev–Trinajstić information content (AvgIpc) is 2.39. The summed E-state index contributed by atoms with van der Waals surface area (Å²) in [5, 5.41) is 0. The second-order valence-corrected chi connectivity index (χ2v) is 7.38. The van der Waals surface area contributed by atoms with E-state index in [0.717, 1.165) is 12.8 Å². The number of halogens is 1. The van der Waals surface area contributed by atoms with Crippen LogP contribution < -0.4 is 0 Å². The van der Waals surface area contributed by atoms with E-state index in [9.17, 15) is 13.2 Å². The molecular formula is C13H16BrNO3S. The van der Waals surface area contributed by atoms with Gasteiger partial charge in [0.2, 0.25) is 10.0 Å². The number of nitrogens with zero attached hydrogens (tertiary/aromatic N) is 1. The molecule has 0 amide bonds. The summed E-state index contributed by atoms with van der Waals surface area (Å²) in [6.07, 6.45) is 2.30. The maximum atomic E-state index is 12.7. The number of carbonyl (C=O) groups excluding carboxylic acids is 1. The van der Waals surface area contributed by atoms with E-state index in [2.05, 4.69) is 15.9 Å². The standard InChI is InChI=1S/C13H16BrNO3S/c1-10(16)12-7-4-5-9-15(12)19(17,18)13-8-3-2-6-11(13)14/h2-3,6,8,12H,4-5,7,9H2,1H3. The van der Waals surface area contributed by atoms with Crippen LogP contribution >= 0.6 is 15.9 Å². The van der Waals surface area contributed by atoms with E-state index in [1.165, 1.54) is 11.2 Å². The second-order valence-electron chi connectivity index (χ2n) is 4.67. The monoisotopic (exact) mass is 345 g/mol. The Labute approximate surface area is 122 Å². The van der Waals surface area contributed by atoms with Crippen molar-refractivity contribution in [1.29, 1.82) is 0 Å². The fourth-order valence-electron chi connectivity index (χ4n) is 2.38. The lowest BCUT2D eigenvalue weighted by atomic mass is 10.0. The minimum atomic E-state index is -3.62. The molecule has 0 aromatic heterocycles. The molecule has 1 atom stereocenters. The molecule has 2 rings (SSSR count). The summed E-state index contributed by atoms with van der Waals surface area (Å²) < 4.78 is 27.2. The van der Waals surface area contributed by atoms with E-state index < -0.39 is 16.1 Å². The SMILES string of the molecule is CC(=O)C1CCCCN1S(=O)(=O)c1ccccc1Br. The number of sulfonamides is 1. The van der Waals surface area contributed by atoms with Gasteiger partial charge in [0.05, 0.1) is 10.9 Å². The lowest BCUT2D eigenvalue weighted by Crippen LogP contribution is -2.47. The van der Waals surface area contributed by atoms with Gasteiger partial charge in [0.1, 0.15) is 5.78 Å². The van der Waals surface area contributed by atoms with Gasteiger partial charge in [0.15, 0.2) is 0 Å². The molecule has 0 saturated carbocycles. The number of rotatable bonds is 3. The third kappa shape index (κ3) is 2.90. The Morgan fingerprint density at radius 1 is 1.32 bits per heavy atom. The van der Waals surface area contributed by atoms with Gasteiger partial charge < -0.3 is 0 Å². The van der Waals surface area contributed by atoms with Gasteiger partial charge in [-0.2, -0.15) is 4.31 Å². The zero-order valence-corrected chi connectivity index (χ0v) is 13.1. The topological polar surface area (TPSA) is 54.5 Å². The van der Waals surface area contributed by atoms with Crippen LogP contribution in [0.3, 0.4) is 0 Å². The van der Waals surface area contributed by atoms with Crippen molar-refractivity contribution < 1.29 is 13.2 Å². The van der Waals surface area contributed by atoms with Crippen molar-refractivity contribution in [2.75, 3.05) is 6.54 Å². The molecule has 0 radical (unpaired) electrons. The molecule has 0 bridgehead atoms. The van der Waals surface area contributed by atoms with Gasteiger partial charge in [-0.05, 0) is 47.8 Å². The third-order valence-electron chi connectivity index (χ3n) is 3.35. The first-order valence-electron chi connectivity index (χ1n) is 6.21. The molecule has 0 aliphatic carbocycles. The Bertz CT molecular complexity index is 585. The van der Waals surface area contributed by atoms with Crippen LogP contribution in [0.5, 0.6) is 0 Å². The largest absolute Gasteiger partial charge is 0.298 e. The van der Waals surface area contributed by atoms with E-state index in [0.29, 0.717) is 17.4 Å². The number of ketones is 1. The summed E-state index contributed by atoms with van der Waals surface area (Å²) in [4.78, 5) is 11.9. The van der Waals surface area contributed by atoms with E-state index in [4.69, 9.17) is 0 Å². The van der Waals surface area contributed by atoms with Crippen molar-refractivity contribution in [3.63, 3.8) is 0 Å². The average molecular weight is 346 g/mol. The molecule has 1 unspecified atom stereocenters. The van der Waals surface area contributed by atoms with Gasteiger partial charge in [-0.25, -0.2) is 8.42 Å². The lowest BCUT2D eigenvalue weighted by molar-refractivity contribution is -0.121. The normalized spacial score (nSPS) is 21.3. The maximum absolute atomic E-state index is 12.7. The summed E-state index contributed by atoms with van der Waals surface area (Å²) in [7, 11) is -3.62. The zero-order chi connectivity index (χ0) is 14.0. The van der Waals surface area contributed by atoms with Crippen LogP contribution in [-0.2, 0) is 14.8 Å². The highest BCUT2D eigenvalue weighted by atomic mass is 79.9. The number of carbonyl (C=O) groups is 1. The van der Waals surface area contributed by atoms with E-state index >= 15 is 0 Å². The summed E-state index contributed by atoms with van der Waals surface area (Å²) in [6.45, 7) is 1.87. The van der Waals surface area contributed by atoms with Crippen LogP contribution in [0.15, 0.2) is 33.6 Å². The van der Waals surface area contributed by atoms with Gasteiger partial charge in [-0.1, -0.05) is 18.6 Å². The van der Waals surface area contributed by atoms with Crippen LogP contribution in [-0.4, -0.2) is 31.1 Å². The highest BCUT2D eigenvalue weighted by molar-refractivity contribution is 9.10. The highest BCUT2D eigenvalue weighted by Crippen LogP contribution is 2.29. The molecule has 1 aliphatic heterocycles. The van der Waals surface area contributed by atoms with Crippen LogP contribution in [0.2, 0.25) is 0 Å². The summed E-state index contributed by atoms with van der Waals surface area (Å²) in [6, 6.07) is 6.18. The Morgan fingerprint density at radius 2 is 2.00 bits per heavy atom. The molecular weight excluding hydrogens is 330 g/mol. The molecule has 19 heavy (non-hydrogen) atoms. The fraction of sp³-hybridized carbons (Fsp3) is 0.462. The maximum Gasteiger partial charge on any atom is 0.244 e. The van der Waals surface area contributed by atoms with Gasteiger partial charge in [-0.15, -0.1) is 0 Å². The number of piperidine rings is 1. The molecule has 1 aromatic carbocycles. The van der Waals surface area contributed by atoms with Crippen LogP contribution in [0.1, 0.15) is 26.2 Å². The zero-order valence-electron chi connectivity index (χ0n) is 10.7. The van der Waals surface area contributed by atoms with Crippen LogP contribution in [0.25, 0.3) is 0 Å². The number of Topliss-reactive ketones (excluding diaryl/α,β-unsaturated/α-hetero) is 1. The van der Waals surface area contributed by atoms with Crippen molar-refractivity contribution in [3.8, 4) is 0 Å². The molecule has 104 valence electrons. The first-order chi connectivity index (χ1) is 8.94. The first kappa shape index (κ1) is 14.7. The lowest BCUT2D eigenvalue weighted by Gasteiger charge is -2.33. The molecule has 1 heterocycles. The fourth-order valence-corrected chi connectivity index (χ4v) is 5.05. The number of hydrogen-bond acceptors (Lipinski definition) is 3. The predicted molar refractivity (Wildman–Crippen MR) is 76.4 cm³/mol. The Balaban J connectivity index is 2.43. The van der Waals surface area contributed by atoms with Crippen LogP contribution in [0.4, 0.5) is 0 Å². The summed E-state index contributed by atoms with van der Waals surface area (Å²) in [5.41, 5.74) is 0. The molecule has 0 N–H and O–H groups in total. The summed E-state index contributed by atoms with van der Waals surface area (Å²) in [5.74, 6) is -0.0877. The molecule has 1 aromatic rings. The van der Waals surface area contributed by atoms with Crippen molar-refractivity contribution in [3.05, 3.63) is 28.7 Å². The molecule has 1 saturated heterocycles. The van der Waals surface area contributed by atoms with Gasteiger partial charge in [-0.3, -0.25) is 4.79 Å². The van der Waals surface area contributed by atoms with Crippen LogP contribution in [0, 0.1) is 0 Å². The number of hydrogen-bond donors (Lipinski definition) is 0. The quantitative estimate of drug-likeness (QED) is 0.845. The van der Waals surface area contributed by atoms with Crippen molar-refractivity contribution in [1.82, 2.24) is 4.31 Å². The van der Waals surface area contributed by atoms with E-state index in [1.807, 2.05) is 0 Å². The van der Waals surface area contributed by atoms with Gasteiger partial charge in [0, 0.05) is 11.0 Å². The number of benzene rings is 1. The minimum Gasteiger partial charge on any atom is -0.298 e. The second kappa shape index (κ2) is 5.73. The minimum absolute atomic E-state index is 0.0877. The molecule has 4 nitrogen and oxygen atoms in total. The highest BCUT2D eigenvalue weighted by Gasteiger charge is 2.36. The van der Waals surface area contributed by atoms with Crippen molar-refractivity contribution in [2.24, 2.45) is 0 Å². The van der Waals surface area contributed by atoms with Crippen molar-refractivity contribution >= 4 is 31.7 Å². The summed E-state index contributed by atoms with van der Waals surface area (Å²) >= 11 is 3.26. The third-order valence-corrected chi connectivity index (χ3v) is 6.27. The Hall–Kier alpha value is -0.720. The van der Waals surface area contributed by atoms with Crippen molar-refractivity contribution in [2.45, 2.75) is 37.1 Å². The smallest absolute Gasteiger partial charge is 0.244 e. The van der Waals surface area contributed by atoms with E-state index in [1.54, 1.807) is 24.3 Å². The van der Waals surface area contributed by atoms with E-state index in [-0.39, 0.29) is 10.7 Å². The Morgan fingerprint density at radius 3 is 2.63 bits per heavy atom. The Kier molecular flexibility index (Phi) is 4.43. The molecule has 1 aliphatic rings. The van der Waals surface area contributed by atoms with Gasteiger partial charge in [0.25, 0.3) is 0 Å². The molecule has 6 heteroatoms. The first-order valence-corrected chi connectivity index (χ1v) is 8.44. The predicted octanol–water partition coefficient (Wildman–Crippen LogP) is 2.58.